The number of amides is 2. The number of carbonyl (C=O) groups is 2. The van der Waals surface area contributed by atoms with Gasteiger partial charge in [0, 0.05) is 15.1 Å². The van der Waals surface area contributed by atoms with Gasteiger partial charge < -0.3 is 5.32 Å². The molecule has 4 N–H and O–H groups in total. The van der Waals surface area contributed by atoms with Crippen molar-refractivity contribution in [3.63, 3.8) is 0 Å². The van der Waals surface area contributed by atoms with Gasteiger partial charge in [-0.3, -0.25) is 20.4 Å². The number of hydrogen-bond donors (Lipinski definition) is 3. The van der Waals surface area contributed by atoms with Crippen molar-refractivity contribution in [2.45, 2.75) is 13.0 Å². The molecule has 0 aliphatic heterocycles. The molecule has 2 amide bonds. The van der Waals surface area contributed by atoms with Crippen LogP contribution in [0.5, 0.6) is 0 Å². The summed E-state index contributed by atoms with van der Waals surface area (Å²) in [6, 6.07) is 14.6. The number of carbonyl (C=O) groups excluding carboxylic acids is 2. The molecule has 5 nitrogen and oxygen atoms in total. The van der Waals surface area contributed by atoms with Gasteiger partial charge >= 0.3 is 0 Å². The predicted octanol–water partition coefficient (Wildman–Crippen LogP) is 2.19. The molecule has 1 atom stereocenters. The van der Waals surface area contributed by atoms with E-state index in [0.29, 0.717) is 15.1 Å². The second kappa shape index (κ2) is 8.82. The van der Waals surface area contributed by atoms with Crippen molar-refractivity contribution >= 4 is 39.3 Å². The number of rotatable bonds is 5. The number of nitrogens with one attached hydrogen (secondary N) is 2. The summed E-state index contributed by atoms with van der Waals surface area (Å²) in [5, 5.41) is 2.53. The van der Waals surface area contributed by atoms with Crippen LogP contribution in [0.1, 0.15) is 28.9 Å². The van der Waals surface area contributed by atoms with Crippen LogP contribution in [-0.2, 0) is 4.79 Å². The smallest absolute Gasteiger partial charge is 0.293 e. The van der Waals surface area contributed by atoms with Crippen molar-refractivity contribution < 1.29 is 14.9 Å². The molecule has 126 valence electrons. The van der Waals surface area contributed by atoms with E-state index in [1.165, 1.54) is 0 Å². The van der Waals surface area contributed by atoms with E-state index in [0.717, 1.165) is 5.56 Å². The second-order valence-electron chi connectivity index (χ2n) is 5.27. The molecule has 0 aliphatic carbocycles. The molecule has 2 aromatic rings. The highest BCUT2D eigenvalue weighted by Crippen LogP contribution is 2.15. The summed E-state index contributed by atoms with van der Waals surface area (Å²) < 4.78 is 0.665. The van der Waals surface area contributed by atoms with Crippen LogP contribution >= 0.6 is 27.5 Å². The molecule has 0 bridgehead atoms. The highest BCUT2D eigenvalue weighted by molar-refractivity contribution is 9.10. The molecular formula is C17H18BrClN3O2+. The summed E-state index contributed by atoms with van der Waals surface area (Å²) in [5.41, 5.74) is 6.30. The molecule has 0 radical (unpaired) electrons. The number of halogens is 2. The maximum absolute atomic E-state index is 12.0. The van der Waals surface area contributed by atoms with Gasteiger partial charge in [-0.15, -0.1) is 0 Å². The summed E-state index contributed by atoms with van der Waals surface area (Å²) in [4.78, 5) is 23.9. The van der Waals surface area contributed by atoms with E-state index in [9.17, 15) is 9.59 Å². The minimum atomic E-state index is -0.376. The first kappa shape index (κ1) is 18.4. The second-order valence-corrected chi connectivity index (χ2v) is 6.56. The van der Waals surface area contributed by atoms with Crippen molar-refractivity contribution in [3.05, 3.63) is 69.2 Å². The number of nitrogens with two attached hydrogens (primary N) is 1. The lowest BCUT2D eigenvalue weighted by atomic mass is 10.1. The van der Waals surface area contributed by atoms with Crippen molar-refractivity contribution in [2.75, 3.05) is 6.54 Å². The lowest BCUT2D eigenvalue weighted by Crippen LogP contribution is -2.87. The highest BCUT2D eigenvalue weighted by Gasteiger charge is 2.13. The first-order valence-electron chi connectivity index (χ1n) is 7.40. The first-order chi connectivity index (χ1) is 11.5. The van der Waals surface area contributed by atoms with Crippen molar-refractivity contribution in [2.24, 2.45) is 0 Å². The maximum atomic E-state index is 12.0. The van der Waals surface area contributed by atoms with E-state index in [-0.39, 0.29) is 24.4 Å². The Balaban J connectivity index is 1.79. The van der Waals surface area contributed by atoms with Crippen LogP contribution in [0.25, 0.3) is 0 Å². The van der Waals surface area contributed by atoms with Gasteiger partial charge in [-0.25, -0.2) is 0 Å². The van der Waals surface area contributed by atoms with E-state index in [4.69, 9.17) is 11.6 Å². The van der Waals surface area contributed by atoms with Crippen molar-refractivity contribution in [1.82, 2.24) is 10.9 Å². The largest absolute Gasteiger partial charge is 0.332 e. The monoisotopic (exact) mass is 410 g/mol. The first-order valence-corrected chi connectivity index (χ1v) is 8.57. The maximum Gasteiger partial charge on any atom is 0.293 e. The topological polar surface area (TPSA) is 74.8 Å². The summed E-state index contributed by atoms with van der Waals surface area (Å²) in [6.07, 6.45) is 0. The van der Waals surface area contributed by atoms with Crippen LogP contribution in [-0.4, -0.2) is 18.4 Å². The Morgan fingerprint density at radius 2 is 1.92 bits per heavy atom. The molecule has 7 heteroatoms. The van der Waals surface area contributed by atoms with Crippen LogP contribution in [0.15, 0.2) is 53.0 Å². The van der Waals surface area contributed by atoms with Crippen LogP contribution in [0.2, 0.25) is 5.02 Å². The molecule has 0 heterocycles. The van der Waals surface area contributed by atoms with Crippen LogP contribution in [0.3, 0.4) is 0 Å². The Hall–Kier alpha value is -1.89. The van der Waals surface area contributed by atoms with Gasteiger partial charge in [-0.2, -0.15) is 0 Å². The van der Waals surface area contributed by atoms with Gasteiger partial charge in [0.1, 0.15) is 6.04 Å². The van der Waals surface area contributed by atoms with E-state index in [2.05, 4.69) is 26.8 Å². The van der Waals surface area contributed by atoms with Gasteiger partial charge in [0.2, 0.25) is 0 Å². The normalized spacial score (nSPS) is 11.6. The zero-order valence-corrected chi connectivity index (χ0v) is 15.4. The zero-order chi connectivity index (χ0) is 17.5. The summed E-state index contributed by atoms with van der Waals surface area (Å²) in [7, 11) is 0. The molecule has 0 aliphatic rings. The Bertz CT molecular complexity index is 739. The van der Waals surface area contributed by atoms with Crippen LogP contribution in [0, 0.1) is 0 Å². The molecule has 0 unspecified atom stereocenters. The number of benzene rings is 2. The molecule has 0 spiro atoms. The average molecular weight is 412 g/mol. The molecule has 2 aromatic carbocycles. The van der Waals surface area contributed by atoms with Crippen LogP contribution in [0.4, 0.5) is 0 Å². The summed E-state index contributed by atoms with van der Waals surface area (Å²) >= 11 is 9.26. The van der Waals surface area contributed by atoms with Gasteiger partial charge in [0.25, 0.3) is 11.8 Å². The van der Waals surface area contributed by atoms with Crippen molar-refractivity contribution in [1.29, 1.82) is 0 Å². The van der Waals surface area contributed by atoms with E-state index < -0.39 is 0 Å². The minimum absolute atomic E-state index is 0.0772. The lowest BCUT2D eigenvalue weighted by molar-refractivity contribution is -0.682. The van der Waals surface area contributed by atoms with E-state index in [1.807, 2.05) is 42.6 Å². The Kier molecular flexibility index (Phi) is 6.78. The predicted molar refractivity (Wildman–Crippen MR) is 96.4 cm³/mol. The molecule has 0 saturated heterocycles. The van der Waals surface area contributed by atoms with E-state index >= 15 is 0 Å². The van der Waals surface area contributed by atoms with E-state index in [1.54, 1.807) is 18.2 Å². The van der Waals surface area contributed by atoms with Gasteiger partial charge in [0.15, 0.2) is 6.54 Å². The fraction of sp³-hybridized carbons (Fsp3) is 0.176. The molecule has 0 saturated carbocycles. The van der Waals surface area contributed by atoms with Crippen molar-refractivity contribution in [3.8, 4) is 0 Å². The fourth-order valence-electron chi connectivity index (χ4n) is 2.10. The summed E-state index contributed by atoms with van der Waals surface area (Å²) in [5.74, 6) is -0.664. The highest BCUT2D eigenvalue weighted by atomic mass is 79.9. The molecule has 24 heavy (non-hydrogen) atoms. The van der Waals surface area contributed by atoms with Gasteiger partial charge in [0.05, 0.1) is 5.56 Å². The summed E-state index contributed by atoms with van der Waals surface area (Å²) in [6.45, 7) is 2.17. The standard InChI is InChI=1S/C17H17BrClN3O2/c1-11(12-5-4-6-13(19)9-12)20-10-16(23)21-22-17(24)14-7-2-3-8-15(14)18/h2-9,11,20H,10H2,1H3,(H,21,23)(H,22,24)/p+1/t11-/m1/s1. The quantitative estimate of drug-likeness (QED) is 0.660. The third-order valence-corrected chi connectivity index (χ3v) is 4.39. The Morgan fingerprint density at radius 1 is 1.17 bits per heavy atom. The molecule has 2 rings (SSSR count). The Labute approximate surface area is 153 Å². The Morgan fingerprint density at radius 3 is 2.62 bits per heavy atom. The molecule has 0 fully saturated rings. The third-order valence-electron chi connectivity index (χ3n) is 3.47. The minimum Gasteiger partial charge on any atom is -0.332 e. The molecular weight excluding hydrogens is 394 g/mol. The van der Waals surface area contributed by atoms with Gasteiger partial charge in [-0.1, -0.05) is 35.9 Å². The lowest BCUT2D eigenvalue weighted by Gasteiger charge is -2.12. The zero-order valence-electron chi connectivity index (χ0n) is 13.1. The van der Waals surface area contributed by atoms with Gasteiger partial charge in [-0.05, 0) is 47.1 Å². The fourth-order valence-corrected chi connectivity index (χ4v) is 2.76. The number of hydrogen-bond acceptors (Lipinski definition) is 2. The third kappa shape index (κ3) is 5.33. The number of hydrazine groups is 1. The van der Waals surface area contributed by atoms with Crippen LogP contribution < -0.4 is 16.2 Å². The number of quaternary nitrogens is 1. The average Bonchev–Trinajstić information content (AvgIpc) is 2.58. The molecule has 0 aromatic heterocycles. The SMILES string of the molecule is C[C@@H]([NH2+]CC(=O)NNC(=O)c1ccccc1Br)c1cccc(Cl)c1.